The van der Waals surface area contributed by atoms with Gasteiger partial charge in [-0.05, 0) is 12.5 Å². The number of hydrogen-bond donors (Lipinski definition) is 1. The summed E-state index contributed by atoms with van der Waals surface area (Å²) in [5.41, 5.74) is -0.414. The van der Waals surface area contributed by atoms with Crippen LogP contribution in [0.25, 0.3) is 0 Å². The topological polar surface area (TPSA) is 97.5 Å². The van der Waals surface area contributed by atoms with Crippen molar-refractivity contribution in [1.82, 2.24) is 0 Å². The maximum Gasteiger partial charge on any atom is 0.295 e. The SMILES string of the molecule is Cc1c(Cl)cc([N+](=O)[O-])cc1S(=O)(=O)O. The van der Waals surface area contributed by atoms with Crippen molar-refractivity contribution in [3.63, 3.8) is 0 Å². The van der Waals surface area contributed by atoms with Gasteiger partial charge in [0.05, 0.1) is 9.95 Å². The molecule has 0 aliphatic heterocycles. The number of benzene rings is 1. The second kappa shape index (κ2) is 3.76. The van der Waals surface area contributed by atoms with Gasteiger partial charge in [-0.1, -0.05) is 11.6 Å². The maximum atomic E-state index is 10.9. The summed E-state index contributed by atoms with van der Waals surface area (Å²) in [6, 6.07) is 1.78. The van der Waals surface area contributed by atoms with Gasteiger partial charge in [-0.25, -0.2) is 0 Å². The van der Waals surface area contributed by atoms with Gasteiger partial charge in [0.25, 0.3) is 15.8 Å². The first-order valence-corrected chi connectivity index (χ1v) is 5.47. The lowest BCUT2D eigenvalue weighted by Gasteiger charge is -2.03. The molecular weight excluding hydrogens is 246 g/mol. The zero-order valence-corrected chi connectivity index (χ0v) is 9.04. The molecule has 0 fully saturated rings. The van der Waals surface area contributed by atoms with Crippen molar-refractivity contribution in [3.05, 3.63) is 32.8 Å². The zero-order chi connectivity index (χ0) is 11.8. The minimum Gasteiger partial charge on any atom is -0.282 e. The Kier molecular flexibility index (Phi) is 2.98. The van der Waals surface area contributed by atoms with Crippen LogP contribution < -0.4 is 0 Å². The maximum absolute atomic E-state index is 10.9. The third-order valence-corrected chi connectivity index (χ3v) is 3.14. The molecule has 15 heavy (non-hydrogen) atoms. The molecule has 0 aliphatic carbocycles. The van der Waals surface area contributed by atoms with E-state index >= 15 is 0 Å². The van der Waals surface area contributed by atoms with E-state index in [1.165, 1.54) is 6.92 Å². The first kappa shape index (κ1) is 11.9. The van der Waals surface area contributed by atoms with Crippen molar-refractivity contribution >= 4 is 27.4 Å². The van der Waals surface area contributed by atoms with Gasteiger partial charge in [0.1, 0.15) is 4.90 Å². The molecule has 0 unspecified atom stereocenters. The van der Waals surface area contributed by atoms with Crippen molar-refractivity contribution < 1.29 is 17.9 Å². The van der Waals surface area contributed by atoms with E-state index < -0.39 is 25.6 Å². The van der Waals surface area contributed by atoms with Crippen molar-refractivity contribution in [3.8, 4) is 0 Å². The highest BCUT2D eigenvalue weighted by Crippen LogP contribution is 2.28. The third-order valence-electron chi connectivity index (χ3n) is 1.77. The van der Waals surface area contributed by atoms with Crippen LogP contribution in [0.15, 0.2) is 17.0 Å². The first-order chi connectivity index (χ1) is 6.73. The lowest BCUT2D eigenvalue weighted by Crippen LogP contribution is -2.02. The Morgan fingerprint density at radius 2 is 2.00 bits per heavy atom. The van der Waals surface area contributed by atoms with E-state index in [0.717, 1.165) is 12.1 Å². The summed E-state index contributed by atoms with van der Waals surface area (Å²) in [6.45, 7) is 1.34. The van der Waals surface area contributed by atoms with E-state index in [0.29, 0.717) is 0 Å². The van der Waals surface area contributed by atoms with Crippen LogP contribution in [0.5, 0.6) is 0 Å². The van der Waals surface area contributed by atoms with Crippen LogP contribution >= 0.6 is 11.6 Å². The predicted octanol–water partition coefficient (Wildman–Crippen LogP) is 1.80. The van der Waals surface area contributed by atoms with Crippen LogP contribution in [-0.4, -0.2) is 17.9 Å². The molecule has 0 atom stereocenters. The molecule has 1 N–H and O–H groups in total. The van der Waals surface area contributed by atoms with Crippen molar-refractivity contribution in [1.29, 1.82) is 0 Å². The summed E-state index contributed by atoms with van der Waals surface area (Å²) >= 11 is 5.59. The van der Waals surface area contributed by atoms with Crippen molar-refractivity contribution in [2.24, 2.45) is 0 Å². The lowest BCUT2D eigenvalue weighted by molar-refractivity contribution is -0.385. The molecule has 0 bridgehead atoms. The molecule has 82 valence electrons. The fourth-order valence-electron chi connectivity index (χ4n) is 1.01. The molecule has 0 radical (unpaired) electrons. The molecule has 0 heterocycles. The lowest BCUT2D eigenvalue weighted by atomic mass is 10.2. The van der Waals surface area contributed by atoms with Gasteiger partial charge in [0.15, 0.2) is 0 Å². The Bertz CT molecular complexity index is 524. The number of nitro groups is 1. The van der Waals surface area contributed by atoms with E-state index in [1.807, 2.05) is 0 Å². The third kappa shape index (κ3) is 2.44. The Morgan fingerprint density at radius 1 is 1.47 bits per heavy atom. The van der Waals surface area contributed by atoms with Crippen molar-refractivity contribution in [2.45, 2.75) is 11.8 Å². The van der Waals surface area contributed by atoms with Gasteiger partial charge in [-0.15, -0.1) is 0 Å². The van der Waals surface area contributed by atoms with Crippen LogP contribution in [0.2, 0.25) is 5.02 Å². The minimum atomic E-state index is -4.50. The standard InChI is InChI=1S/C7H6ClNO5S/c1-4-6(8)2-5(9(10)11)3-7(4)15(12,13)14/h2-3H,1H3,(H,12,13,14). The first-order valence-electron chi connectivity index (χ1n) is 3.65. The van der Waals surface area contributed by atoms with E-state index in [4.69, 9.17) is 16.2 Å². The molecule has 0 aromatic heterocycles. The number of non-ortho nitro benzene ring substituents is 1. The van der Waals surface area contributed by atoms with Gasteiger partial charge >= 0.3 is 0 Å². The van der Waals surface area contributed by atoms with Crippen molar-refractivity contribution in [2.75, 3.05) is 0 Å². The number of nitro benzene ring substituents is 1. The van der Waals surface area contributed by atoms with Gasteiger partial charge in [-0.3, -0.25) is 14.7 Å². The molecule has 0 saturated carbocycles. The Balaban J connectivity index is 3.59. The Hall–Kier alpha value is -1.18. The molecule has 8 heteroatoms. The van der Waals surface area contributed by atoms with Crippen LogP contribution in [0, 0.1) is 17.0 Å². The molecule has 6 nitrogen and oxygen atoms in total. The van der Waals surface area contributed by atoms with E-state index in [2.05, 4.69) is 0 Å². The van der Waals surface area contributed by atoms with Crippen LogP contribution in [0.4, 0.5) is 5.69 Å². The second-order valence-corrected chi connectivity index (χ2v) is 4.58. The molecule has 1 rings (SSSR count). The smallest absolute Gasteiger partial charge is 0.282 e. The van der Waals surface area contributed by atoms with Gasteiger partial charge < -0.3 is 0 Å². The summed E-state index contributed by atoms with van der Waals surface area (Å²) in [5.74, 6) is 0. The Labute approximate surface area is 90.4 Å². The zero-order valence-electron chi connectivity index (χ0n) is 7.47. The van der Waals surface area contributed by atoms with E-state index in [1.54, 1.807) is 0 Å². The quantitative estimate of drug-likeness (QED) is 0.491. The average Bonchev–Trinajstić information content (AvgIpc) is 2.06. The van der Waals surface area contributed by atoms with Gasteiger partial charge in [0, 0.05) is 12.1 Å². The molecule has 1 aromatic rings. The van der Waals surface area contributed by atoms with Crippen LogP contribution in [-0.2, 0) is 10.1 Å². The van der Waals surface area contributed by atoms with E-state index in [9.17, 15) is 18.5 Å². The number of rotatable bonds is 2. The normalized spacial score (nSPS) is 11.4. The molecule has 0 saturated heterocycles. The fraction of sp³-hybridized carbons (Fsp3) is 0.143. The monoisotopic (exact) mass is 251 g/mol. The summed E-state index contributed by atoms with van der Waals surface area (Å²) in [7, 11) is -4.50. The Morgan fingerprint density at radius 3 is 2.40 bits per heavy atom. The number of halogens is 1. The molecule has 1 aromatic carbocycles. The summed E-state index contributed by atoms with van der Waals surface area (Å²) in [6.07, 6.45) is 0. The number of hydrogen-bond acceptors (Lipinski definition) is 4. The minimum absolute atomic E-state index is 0.0739. The molecule has 0 amide bonds. The second-order valence-electron chi connectivity index (χ2n) is 2.78. The largest absolute Gasteiger partial charge is 0.295 e. The summed E-state index contributed by atoms with van der Waals surface area (Å²) in [4.78, 5) is 9.07. The highest BCUT2D eigenvalue weighted by atomic mass is 35.5. The summed E-state index contributed by atoms with van der Waals surface area (Å²) < 4.78 is 30.5. The summed E-state index contributed by atoms with van der Waals surface area (Å²) in [5, 5.41) is 10.3. The van der Waals surface area contributed by atoms with Crippen LogP contribution in [0.1, 0.15) is 5.56 Å². The van der Waals surface area contributed by atoms with Gasteiger partial charge in [0.2, 0.25) is 0 Å². The van der Waals surface area contributed by atoms with E-state index in [-0.39, 0.29) is 10.6 Å². The fourth-order valence-corrected chi connectivity index (χ4v) is 2.05. The van der Waals surface area contributed by atoms with Crippen LogP contribution in [0.3, 0.4) is 0 Å². The highest BCUT2D eigenvalue weighted by molar-refractivity contribution is 7.85. The molecular formula is C7H6ClNO5S. The number of nitrogens with zero attached hydrogens (tertiary/aromatic N) is 1. The molecule has 0 spiro atoms. The molecule has 0 aliphatic rings. The van der Waals surface area contributed by atoms with Gasteiger partial charge in [-0.2, -0.15) is 8.42 Å². The average molecular weight is 252 g/mol. The predicted molar refractivity (Wildman–Crippen MR) is 52.7 cm³/mol. The highest BCUT2D eigenvalue weighted by Gasteiger charge is 2.20.